The molecular formula is C21H24N4O5. The zero-order valence-corrected chi connectivity index (χ0v) is 16.7. The van der Waals surface area contributed by atoms with Crippen molar-refractivity contribution in [2.45, 2.75) is 49.3 Å². The summed E-state index contributed by atoms with van der Waals surface area (Å²) in [6.45, 7) is 2.15. The molecule has 158 valence electrons. The van der Waals surface area contributed by atoms with Gasteiger partial charge in [-0.2, -0.15) is 0 Å². The molecule has 1 aromatic carbocycles. The first-order valence-corrected chi connectivity index (χ1v) is 10.2. The Kier molecular flexibility index (Phi) is 4.32. The van der Waals surface area contributed by atoms with Crippen LogP contribution < -0.4 is 16.0 Å². The number of carbonyl (C=O) groups excluding carboxylic acids is 4. The smallest absolute Gasteiger partial charge is 0.262 e. The second-order valence-corrected chi connectivity index (χ2v) is 8.88. The first-order chi connectivity index (χ1) is 14.4. The van der Waals surface area contributed by atoms with Gasteiger partial charge in [0.05, 0.1) is 17.7 Å². The van der Waals surface area contributed by atoms with E-state index in [4.69, 9.17) is 4.74 Å². The monoisotopic (exact) mass is 412 g/mol. The van der Waals surface area contributed by atoms with Crippen LogP contribution in [-0.4, -0.2) is 65.9 Å². The molecule has 3 N–H and O–H groups in total. The highest BCUT2D eigenvalue weighted by atomic mass is 16.5. The van der Waals surface area contributed by atoms with Gasteiger partial charge in [0.15, 0.2) is 0 Å². The standard InChI is InChI=1S/C21H24N4O5/c1-30-11-21-8-20(9-21,10-23-21)22-7-12-2-3-13-14(6-12)19(29)25(18(13)28)15-4-5-16(26)24-17(15)27/h2-3,6,15,22-23H,4-5,7-11H2,1H3,(H,24,26,27). The molecule has 5 aliphatic rings. The predicted molar refractivity (Wildman–Crippen MR) is 105 cm³/mol. The third kappa shape index (κ3) is 2.88. The molecule has 1 aromatic rings. The van der Waals surface area contributed by atoms with E-state index in [0.29, 0.717) is 24.3 Å². The van der Waals surface area contributed by atoms with Crippen molar-refractivity contribution in [3.8, 4) is 0 Å². The molecule has 4 amide bonds. The third-order valence-corrected chi connectivity index (χ3v) is 6.75. The second kappa shape index (κ2) is 6.69. The Bertz CT molecular complexity index is 968. The molecule has 1 aliphatic carbocycles. The number of ether oxygens (including phenoxy) is 1. The predicted octanol–water partition coefficient (Wildman–Crippen LogP) is -0.302. The molecule has 30 heavy (non-hydrogen) atoms. The molecule has 1 saturated carbocycles. The Morgan fingerprint density at radius 2 is 1.93 bits per heavy atom. The number of imide groups is 2. The number of piperidine rings is 1. The molecule has 4 aliphatic heterocycles. The van der Waals surface area contributed by atoms with Gasteiger partial charge in [-0.05, 0) is 37.0 Å². The minimum atomic E-state index is -0.941. The third-order valence-electron chi connectivity index (χ3n) is 6.75. The summed E-state index contributed by atoms with van der Waals surface area (Å²) in [5.41, 5.74) is 1.64. The number of hydrogen-bond acceptors (Lipinski definition) is 7. The largest absolute Gasteiger partial charge is 0.383 e. The average molecular weight is 412 g/mol. The molecule has 9 nitrogen and oxygen atoms in total. The average Bonchev–Trinajstić information content (AvgIpc) is 3.30. The maximum absolute atomic E-state index is 12.9. The zero-order valence-electron chi connectivity index (χ0n) is 16.7. The molecule has 9 heteroatoms. The maximum Gasteiger partial charge on any atom is 0.262 e. The van der Waals surface area contributed by atoms with Crippen molar-refractivity contribution in [1.29, 1.82) is 0 Å². The fourth-order valence-corrected chi connectivity index (χ4v) is 5.38. The van der Waals surface area contributed by atoms with Crippen molar-refractivity contribution in [2.75, 3.05) is 20.3 Å². The number of amides is 4. The van der Waals surface area contributed by atoms with E-state index in [-0.39, 0.29) is 29.8 Å². The van der Waals surface area contributed by atoms with E-state index in [2.05, 4.69) is 16.0 Å². The molecule has 1 unspecified atom stereocenters. The van der Waals surface area contributed by atoms with Crippen LogP contribution in [-0.2, 0) is 20.9 Å². The first kappa shape index (κ1) is 19.3. The van der Waals surface area contributed by atoms with Crippen LogP contribution in [0.15, 0.2) is 18.2 Å². The van der Waals surface area contributed by atoms with E-state index in [9.17, 15) is 19.2 Å². The lowest BCUT2D eigenvalue weighted by Gasteiger charge is -2.46. The number of hydrogen-bond donors (Lipinski definition) is 3. The van der Waals surface area contributed by atoms with E-state index in [1.54, 1.807) is 19.2 Å². The lowest BCUT2D eigenvalue weighted by Crippen LogP contribution is -2.60. The van der Waals surface area contributed by atoms with Gasteiger partial charge in [0.1, 0.15) is 6.04 Å². The highest BCUT2D eigenvalue weighted by Gasteiger charge is 2.60. The Morgan fingerprint density at radius 3 is 2.67 bits per heavy atom. The van der Waals surface area contributed by atoms with E-state index >= 15 is 0 Å². The lowest BCUT2D eigenvalue weighted by molar-refractivity contribution is -0.136. The highest BCUT2D eigenvalue weighted by Crippen LogP contribution is 2.47. The Balaban J connectivity index is 1.29. The zero-order chi connectivity index (χ0) is 21.1. The van der Waals surface area contributed by atoms with Gasteiger partial charge in [-0.25, -0.2) is 0 Å². The maximum atomic E-state index is 12.9. The fraction of sp³-hybridized carbons (Fsp3) is 0.524. The summed E-state index contributed by atoms with van der Waals surface area (Å²) in [5.74, 6) is -1.94. The molecule has 3 saturated heterocycles. The number of fused-ring (bicyclic) bond motifs is 2. The summed E-state index contributed by atoms with van der Waals surface area (Å²) in [5, 5.41) is 9.34. The van der Waals surface area contributed by atoms with E-state index in [1.807, 2.05) is 6.07 Å². The molecule has 6 rings (SSSR count). The van der Waals surface area contributed by atoms with E-state index < -0.39 is 23.8 Å². The lowest BCUT2D eigenvalue weighted by atomic mass is 9.68. The van der Waals surface area contributed by atoms with Gasteiger partial charge in [-0.1, -0.05) is 6.07 Å². The van der Waals surface area contributed by atoms with Crippen LogP contribution in [0.5, 0.6) is 0 Å². The van der Waals surface area contributed by atoms with Gasteiger partial charge >= 0.3 is 0 Å². The molecule has 4 heterocycles. The summed E-state index contributed by atoms with van der Waals surface area (Å²) in [6.07, 6.45) is 2.27. The molecule has 0 radical (unpaired) electrons. The second-order valence-electron chi connectivity index (χ2n) is 8.88. The van der Waals surface area contributed by atoms with Crippen LogP contribution in [0.25, 0.3) is 0 Å². The number of methoxy groups -OCH3 is 1. The van der Waals surface area contributed by atoms with Crippen LogP contribution >= 0.6 is 0 Å². The number of rotatable bonds is 6. The summed E-state index contributed by atoms with van der Waals surface area (Å²) in [7, 11) is 1.71. The molecular weight excluding hydrogens is 388 g/mol. The number of nitrogens with one attached hydrogen (secondary N) is 3. The fourth-order valence-electron chi connectivity index (χ4n) is 5.38. The molecule has 1 atom stereocenters. The Hall–Kier alpha value is -2.62. The summed E-state index contributed by atoms with van der Waals surface area (Å²) < 4.78 is 5.31. The van der Waals surface area contributed by atoms with Gasteiger partial charge in [0.2, 0.25) is 11.8 Å². The van der Waals surface area contributed by atoms with Crippen LogP contribution in [0, 0.1) is 0 Å². The van der Waals surface area contributed by atoms with Crippen LogP contribution in [0.2, 0.25) is 0 Å². The molecule has 0 spiro atoms. The Morgan fingerprint density at radius 1 is 1.17 bits per heavy atom. The molecule has 0 aromatic heterocycles. The van der Waals surface area contributed by atoms with Gasteiger partial charge in [-0.15, -0.1) is 0 Å². The minimum Gasteiger partial charge on any atom is -0.383 e. The minimum absolute atomic E-state index is 0.0378. The van der Waals surface area contributed by atoms with Crippen molar-refractivity contribution in [3.05, 3.63) is 34.9 Å². The van der Waals surface area contributed by atoms with Gasteiger partial charge in [0, 0.05) is 37.7 Å². The van der Waals surface area contributed by atoms with Crippen molar-refractivity contribution < 1.29 is 23.9 Å². The van der Waals surface area contributed by atoms with Gasteiger partial charge in [-0.3, -0.25) is 29.4 Å². The topological polar surface area (TPSA) is 117 Å². The molecule has 4 fully saturated rings. The normalized spacial score (nSPS) is 32.3. The van der Waals surface area contributed by atoms with E-state index in [0.717, 1.165) is 29.8 Å². The van der Waals surface area contributed by atoms with Gasteiger partial charge < -0.3 is 15.4 Å². The van der Waals surface area contributed by atoms with Crippen LogP contribution in [0.3, 0.4) is 0 Å². The summed E-state index contributed by atoms with van der Waals surface area (Å²) in [6, 6.07) is 4.28. The van der Waals surface area contributed by atoms with Crippen LogP contribution in [0.4, 0.5) is 0 Å². The van der Waals surface area contributed by atoms with Crippen molar-refractivity contribution in [1.82, 2.24) is 20.9 Å². The quantitative estimate of drug-likeness (QED) is 0.549. The van der Waals surface area contributed by atoms with Crippen molar-refractivity contribution in [3.63, 3.8) is 0 Å². The summed E-state index contributed by atoms with van der Waals surface area (Å²) in [4.78, 5) is 50.2. The first-order valence-electron chi connectivity index (χ1n) is 10.2. The number of nitrogens with zero attached hydrogens (tertiary/aromatic N) is 1. The highest BCUT2D eigenvalue weighted by molar-refractivity contribution is 6.23. The van der Waals surface area contributed by atoms with Gasteiger partial charge in [0.25, 0.3) is 11.8 Å². The SMILES string of the molecule is COCC12CC(NCc3ccc4c(c3)C(=O)N(C3CCC(=O)NC3=O)C4=O)(CN1)C2. The Labute approximate surface area is 173 Å². The van der Waals surface area contributed by atoms with E-state index in [1.165, 1.54) is 0 Å². The van der Waals surface area contributed by atoms with Crippen LogP contribution in [0.1, 0.15) is 52.0 Å². The summed E-state index contributed by atoms with van der Waals surface area (Å²) >= 11 is 0. The van der Waals surface area contributed by atoms with Crippen molar-refractivity contribution >= 4 is 23.6 Å². The van der Waals surface area contributed by atoms with Crippen molar-refractivity contribution in [2.24, 2.45) is 0 Å². The number of carbonyl (C=O) groups is 4. The number of benzene rings is 1. The molecule has 2 bridgehead atoms.